The fraction of sp³-hybridized carbons (Fsp3) is 0.400. The van der Waals surface area contributed by atoms with Gasteiger partial charge < -0.3 is 10.6 Å². The van der Waals surface area contributed by atoms with Crippen LogP contribution in [0.15, 0.2) is 30.5 Å². The van der Waals surface area contributed by atoms with E-state index in [9.17, 15) is 4.39 Å². The van der Waals surface area contributed by atoms with Crippen molar-refractivity contribution in [2.45, 2.75) is 20.0 Å². The molecule has 1 aliphatic heterocycles. The number of nitrogens with zero attached hydrogens (tertiary/aromatic N) is 2. The molecule has 2 aromatic rings. The number of hydrogen-bond donors (Lipinski definition) is 2. The molecule has 2 N–H and O–H groups in total. The second-order valence-corrected chi connectivity index (χ2v) is 5.36. The third-order valence-electron chi connectivity index (χ3n) is 3.70. The van der Waals surface area contributed by atoms with E-state index in [1.807, 2.05) is 29.1 Å². The predicted octanol–water partition coefficient (Wildman–Crippen LogP) is 2.16. The normalized spacial score (nSPS) is 17.6. The van der Waals surface area contributed by atoms with E-state index in [0.29, 0.717) is 11.5 Å². The highest BCUT2D eigenvalue weighted by Crippen LogP contribution is 2.16. The number of aryl methyl sites for hydroxylation is 1. The highest BCUT2D eigenvalue weighted by atomic mass is 19.1. The number of rotatable bonds is 4. The van der Waals surface area contributed by atoms with Gasteiger partial charge in [-0.25, -0.2) is 9.07 Å². The van der Waals surface area contributed by atoms with E-state index in [2.05, 4.69) is 15.7 Å². The van der Waals surface area contributed by atoms with E-state index in [4.69, 9.17) is 0 Å². The average Bonchev–Trinajstić information content (AvgIpc) is 2.90. The molecule has 5 heteroatoms. The van der Waals surface area contributed by atoms with Gasteiger partial charge in [-0.15, -0.1) is 0 Å². The first-order valence-electron chi connectivity index (χ1n) is 6.94. The first kappa shape index (κ1) is 13.1. The molecule has 1 aromatic heterocycles. The monoisotopic (exact) mass is 274 g/mol. The van der Waals surface area contributed by atoms with E-state index in [0.717, 1.165) is 37.6 Å². The van der Waals surface area contributed by atoms with E-state index < -0.39 is 0 Å². The molecule has 0 amide bonds. The molecule has 0 bridgehead atoms. The summed E-state index contributed by atoms with van der Waals surface area (Å²) < 4.78 is 15.2. The molecule has 106 valence electrons. The first-order chi connectivity index (χ1) is 9.72. The summed E-state index contributed by atoms with van der Waals surface area (Å²) in [7, 11) is 0. The number of aromatic nitrogens is 2. The Balaban J connectivity index is 1.50. The van der Waals surface area contributed by atoms with Gasteiger partial charge in [0, 0.05) is 38.2 Å². The summed E-state index contributed by atoms with van der Waals surface area (Å²) in [6.45, 7) is 5.38. The standard InChI is InChI=1S/C15H19FN4/c1-11-6-12(2-3-14(11)16)7-17-8-13-9-18-15-4-5-19-20(15)10-13/h2-6,13,17-18H,7-10H2,1H3/t13-/m0/s1. The quantitative estimate of drug-likeness (QED) is 0.898. The Labute approximate surface area is 118 Å². The minimum absolute atomic E-state index is 0.142. The lowest BCUT2D eigenvalue weighted by atomic mass is 10.1. The molecule has 1 aliphatic rings. The van der Waals surface area contributed by atoms with Crippen molar-refractivity contribution in [3.05, 3.63) is 47.4 Å². The van der Waals surface area contributed by atoms with Crippen molar-refractivity contribution >= 4 is 5.82 Å². The third-order valence-corrected chi connectivity index (χ3v) is 3.70. The van der Waals surface area contributed by atoms with E-state index in [1.54, 1.807) is 6.92 Å². The number of halogens is 1. The van der Waals surface area contributed by atoms with Crippen LogP contribution in [0, 0.1) is 18.7 Å². The Hall–Kier alpha value is -1.88. The van der Waals surface area contributed by atoms with Crippen molar-refractivity contribution < 1.29 is 4.39 Å². The van der Waals surface area contributed by atoms with Crippen LogP contribution in [0.25, 0.3) is 0 Å². The molecule has 0 fully saturated rings. The lowest BCUT2D eigenvalue weighted by molar-refractivity contribution is 0.391. The van der Waals surface area contributed by atoms with Crippen molar-refractivity contribution in [2.75, 3.05) is 18.4 Å². The van der Waals surface area contributed by atoms with Gasteiger partial charge >= 0.3 is 0 Å². The van der Waals surface area contributed by atoms with Crippen molar-refractivity contribution in [1.82, 2.24) is 15.1 Å². The highest BCUT2D eigenvalue weighted by molar-refractivity contribution is 5.35. The second kappa shape index (κ2) is 5.63. The number of hydrogen-bond acceptors (Lipinski definition) is 3. The topological polar surface area (TPSA) is 41.9 Å². The van der Waals surface area contributed by atoms with Crippen LogP contribution < -0.4 is 10.6 Å². The lowest BCUT2D eigenvalue weighted by Gasteiger charge is -2.25. The average molecular weight is 274 g/mol. The summed E-state index contributed by atoms with van der Waals surface area (Å²) in [6, 6.07) is 7.25. The molecule has 0 spiro atoms. The van der Waals surface area contributed by atoms with Gasteiger partial charge in [0.05, 0.1) is 6.20 Å². The molecule has 0 aliphatic carbocycles. The number of nitrogens with one attached hydrogen (secondary N) is 2. The summed E-state index contributed by atoms with van der Waals surface area (Å²) in [5, 5.41) is 11.1. The Morgan fingerprint density at radius 1 is 1.45 bits per heavy atom. The summed E-state index contributed by atoms with van der Waals surface area (Å²) in [5.74, 6) is 1.47. The fourth-order valence-electron chi connectivity index (χ4n) is 2.56. The van der Waals surface area contributed by atoms with Gasteiger partial charge in [0.1, 0.15) is 11.6 Å². The first-order valence-corrected chi connectivity index (χ1v) is 6.94. The number of fused-ring (bicyclic) bond motifs is 1. The predicted molar refractivity (Wildman–Crippen MR) is 77.1 cm³/mol. The number of anilines is 1. The van der Waals surface area contributed by atoms with Crippen molar-refractivity contribution in [1.29, 1.82) is 0 Å². The largest absolute Gasteiger partial charge is 0.370 e. The van der Waals surface area contributed by atoms with Crippen molar-refractivity contribution in [3.8, 4) is 0 Å². The van der Waals surface area contributed by atoms with Crippen LogP contribution in [0.2, 0.25) is 0 Å². The molecule has 2 heterocycles. The van der Waals surface area contributed by atoms with E-state index >= 15 is 0 Å². The smallest absolute Gasteiger partial charge is 0.126 e. The van der Waals surface area contributed by atoms with Crippen LogP contribution in [0.3, 0.4) is 0 Å². The molecule has 1 atom stereocenters. The van der Waals surface area contributed by atoms with Gasteiger partial charge in [-0.3, -0.25) is 0 Å². The second-order valence-electron chi connectivity index (χ2n) is 5.36. The van der Waals surface area contributed by atoms with Gasteiger partial charge in [0.2, 0.25) is 0 Å². The highest BCUT2D eigenvalue weighted by Gasteiger charge is 2.17. The number of benzene rings is 1. The molecule has 0 unspecified atom stereocenters. The summed E-state index contributed by atoms with van der Waals surface area (Å²) in [6.07, 6.45) is 1.82. The van der Waals surface area contributed by atoms with Crippen molar-refractivity contribution in [2.24, 2.45) is 5.92 Å². The zero-order valence-corrected chi connectivity index (χ0v) is 11.6. The van der Waals surface area contributed by atoms with E-state index in [-0.39, 0.29) is 5.82 Å². The Morgan fingerprint density at radius 3 is 3.20 bits per heavy atom. The van der Waals surface area contributed by atoms with Gasteiger partial charge in [0.15, 0.2) is 0 Å². The summed E-state index contributed by atoms with van der Waals surface area (Å²) >= 11 is 0. The fourth-order valence-corrected chi connectivity index (χ4v) is 2.56. The Bertz CT molecular complexity index is 593. The molecule has 1 aromatic carbocycles. The van der Waals surface area contributed by atoms with Crippen LogP contribution in [0.1, 0.15) is 11.1 Å². The maximum absolute atomic E-state index is 13.2. The van der Waals surface area contributed by atoms with Crippen LogP contribution >= 0.6 is 0 Å². The lowest BCUT2D eigenvalue weighted by Crippen LogP contribution is -2.35. The minimum atomic E-state index is -0.142. The third kappa shape index (κ3) is 2.82. The zero-order valence-electron chi connectivity index (χ0n) is 11.6. The molecule has 0 saturated carbocycles. The summed E-state index contributed by atoms with van der Waals surface area (Å²) in [5.41, 5.74) is 1.82. The van der Waals surface area contributed by atoms with Crippen LogP contribution in [0.5, 0.6) is 0 Å². The Morgan fingerprint density at radius 2 is 2.35 bits per heavy atom. The molecule has 20 heavy (non-hydrogen) atoms. The molecular weight excluding hydrogens is 255 g/mol. The van der Waals surface area contributed by atoms with Crippen LogP contribution in [-0.4, -0.2) is 22.9 Å². The van der Waals surface area contributed by atoms with Crippen LogP contribution in [0.4, 0.5) is 10.2 Å². The molecule has 4 nitrogen and oxygen atoms in total. The SMILES string of the molecule is Cc1cc(CNC[C@H]2CNc3ccnn3C2)ccc1F. The molecule has 3 rings (SSSR count). The van der Waals surface area contributed by atoms with Gasteiger partial charge in [-0.2, -0.15) is 5.10 Å². The van der Waals surface area contributed by atoms with Crippen LogP contribution in [-0.2, 0) is 13.1 Å². The minimum Gasteiger partial charge on any atom is -0.370 e. The van der Waals surface area contributed by atoms with Gasteiger partial charge in [-0.05, 0) is 24.1 Å². The van der Waals surface area contributed by atoms with E-state index in [1.165, 1.54) is 6.07 Å². The zero-order chi connectivity index (χ0) is 13.9. The molecular formula is C15H19FN4. The van der Waals surface area contributed by atoms with Gasteiger partial charge in [-0.1, -0.05) is 12.1 Å². The van der Waals surface area contributed by atoms with Crippen molar-refractivity contribution in [3.63, 3.8) is 0 Å². The molecule has 0 radical (unpaired) electrons. The Kier molecular flexibility index (Phi) is 3.69. The molecule has 0 saturated heterocycles. The maximum atomic E-state index is 13.2. The summed E-state index contributed by atoms with van der Waals surface area (Å²) in [4.78, 5) is 0. The van der Waals surface area contributed by atoms with Gasteiger partial charge in [0.25, 0.3) is 0 Å². The maximum Gasteiger partial charge on any atom is 0.126 e.